The van der Waals surface area contributed by atoms with Gasteiger partial charge in [0.05, 0.1) is 0 Å². The van der Waals surface area contributed by atoms with Gasteiger partial charge in [-0.2, -0.15) is 0 Å². The Bertz CT molecular complexity index is 382. The zero-order valence-electron chi connectivity index (χ0n) is 15.0. The molecule has 22 heavy (non-hydrogen) atoms. The molecule has 128 valence electrons. The molecule has 1 aliphatic carbocycles. The average molecular weight is 328 g/mol. The maximum atomic E-state index is 12.4. The monoisotopic (exact) mass is 327 g/mol. The van der Waals surface area contributed by atoms with Gasteiger partial charge in [-0.25, -0.2) is 0 Å². The van der Waals surface area contributed by atoms with Crippen molar-refractivity contribution in [3.63, 3.8) is 0 Å². The quantitative estimate of drug-likeness (QED) is 0.616. The summed E-state index contributed by atoms with van der Waals surface area (Å²) in [5.74, 6) is 1.47. The Kier molecular flexibility index (Phi) is 7.10. The molecule has 0 aromatic heterocycles. The van der Waals surface area contributed by atoms with E-state index in [1.807, 2.05) is 0 Å². The second-order valence-electron chi connectivity index (χ2n) is 8.03. The first-order valence-corrected chi connectivity index (χ1v) is 8.84. The zero-order valence-corrected chi connectivity index (χ0v) is 15.8. The summed E-state index contributed by atoms with van der Waals surface area (Å²) in [6, 6.07) is 0. The molecule has 0 unspecified atom stereocenters. The second kappa shape index (κ2) is 8.14. The first kappa shape index (κ1) is 19.2. The van der Waals surface area contributed by atoms with E-state index in [1.54, 1.807) is 12.1 Å². The molecule has 0 heterocycles. The highest BCUT2D eigenvalue weighted by Gasteiger charge is 2.32. The minimum Gasteiger partial charge on any atom is -0.361 e. The van der Waals surface area contributed by atoms with E-state index >= 15 is 0 Å². The van der Waals surface area contributed by atoms with E-state index in [0.717, 1.165) is 38.1 Å². The summed E-state index contributed by atoms with van der Waals surface area (Å²) in [4.78, 5) is 12.4. The lowest BCUT2D eigenvalue weighted by Crippen LogP contribution is -2.50. The number of nitrogens with one attached hydrogen (secondary N) is 2. The SMILES string of the molecule is CC(C)CNC(=S)N(C)NC(=O)C1CCC(C(C)(C)C)CC1. The number of carbonyl (C=O) groups is 1. The molecule has 0 bridgehead atoms. The van der Waals surface area contributed by atoms with Crippen molar-refractivity contribution >= 4 is 23.2 Å². The van der Waals surface area contributed by atoms with Crippen molar-refractivity contribution in [2.24, 2.45) is 23.2 Å². The van der Waals surface area contributed by atoms with Crippen molar-refractivity contribution in [2.45, 2.75) is 60.3 Å². The summed E-state index contributed by atoms with van der Waals surface area (Å²) in [5, 5.41) is 5.37. The lowest BCUT2D eigenvalue weighted by molar-refractivity contribution is -0.129. The topological polar surface area (TPSA) is 44.4 Å². The fourth-order valence-electron chi connectivity index (χ4n) is 2.94. The number of hydrogen-bond acceptors (Lipinski definition) is 2. The Morgan fingerprint density at radius 1 is 1.23 bits per heavy atom. The van der Waals surface area contributed by atoms with E-state index in [0.29, 0.717) is 16.4 Å². The molecule has 1 aliphatic rings. The molecule has 0 radical (unpaired) electrons. The molecule has 1 saturated carbocycles. The molecule has 0 atom stereocenters. The molecule has 1 amide bonds. The number of hydrazine groups is 1. The summed E-state index contributed by atoms with van der Waals surface area (Å²) in [6.07, 6.45) is 4.24. The molecular weight excluding hydrogens is 294 g/mol. The molecule has 0 aromatic carbocycles. The lowest BCUT2D eigenvalue weighted by atomic mass is 9.70. The van der Waals surface area contributed by atoms with Crippen molar-refractivity contribution in [3.05, 3.63) is 0 Å². The molecule has 5 heteroatoms. The van der Waals surface area contributed by atoms with Crippen LogP contribution in [-0.4, -0.2) is 29.6 Å². The van der Waals surface area contributed by atoms with Gasteiger partial charge >= 0.3 is 0 Å². The molecule has 4 nitrogen and oxygen atoms in total. The van der Waals surface area contributed by atoms with E-state index < -0.39 is 0 Å². The maximum Gasteiger partial charge on any atom is 0.241 e. The normalized spacial score (nSPS) is 22.3. The number of rotatable bonds is 3. The molecule has 0 spiro atoms. The summed E-state index contributed by atoms with van der Waals surface area (Å²) < 4.78 is 0. The largest absolute Gasteiger partial charge is 0.361 e. The summed E-state index contributed by atoms with van der Waals surface area (Å²) >= 11 is 5.28. The summed E-state index contributed by atoms with van der Waals surface area (Å²) in [5.41, 5.74) is 3.27. The van der Waals surface area contributed by atoms with Gasteiger partial charge in [0.15, 0.2) is 5.11 Å². The molecule has 0 aromatic rings. The number of amides is 1. The Morgan fingerprint density at radius 2 is 1.77 bits per heavy atom. The first-order valence-electron chi connectivity index (χ1n) is 8.43. The third-order valence-electron chi connectivity index (χ3n) is 4.57. The van der Waals surface area contributed by atoms with Crippen LogP contribution < -0.4 is 10.7 Å². The van der Waals surface area contributed by atoms with E-state index in [-0.39, 0.29) is 11.8 Å². The lowest BCUT2D eigenvalue weighted by Gasteiger charge is -2.37. The van der Waals surface area contributed by atoms with E-state index in [9.17, 15) is 4.79 Å². The highest BCUT2D eigenvalue weighted by atomic mass is 32.1. The van der Waals surface area contributed by atoms with Crippen LogP contribution in [0.4, 0.5) is 0 Å². The van der Waals surface area contributed by atoms with Crippen molar-refractivity contribution in [3.8, 4) is 0 Å². The van der Waals surface area contributed by atoms with Crippen LogP contribution >= 0.6 is 12.2 Å². The van der Waals surface area contributed by atoms with Crippen LogP contribution in [0, 0.1) is 23.2 Å². The standard InChI is InChI=1S/C17H33N3OS/c1-12(2)11-18-16(22)20(6)19-15(21)13-7-9-14(10-8-13)17(3,4)5/h12-14H,7-11H2,1-6H3,(H,18,22)(H,19,21). The van der Waals surface area contributed by atoms with Gasteiger partial charge in [-0.05, 0) is 55.2 Å². The number of hydrogen-bond donors (Lipinski definition) is 2. The van der Waals surface area contributed by atoms with Gasteiger partial charge in [0.2, 0.25) is 5.91 Å². The molecule has 0 saturated heterocycles. The van der Waals surface area contributed by atoms with Crippen LogP contribution in [-0.2, 0) is 4.79 Å². The van der Waals surface area contributed by atoms with Gasteiger partial charge in [-0.15, -0.1) is 0 Å². The highest BCUT2D eigenvalue weighted by molar-refractivity contribution is 7.80. The molecular formula is C17H33N3OS. The molecule has 2 N–H and O–H groups in total. The predicted octanol–water partition coefficient (Wildman–Crippen LogP) is 3.33. The Balaban J connectivity index is 2.38. The average Bonchev–Trinajstić information content (AvgIpc) is 2.43. The minimum atomic E-state index is 0.101. The van der Waals surface area contributed by atoms with Crippen LogP contribution in [0.2, 0.25) is 0 Å². The van der Waals surface area contributed by atoms with E-state index in [2.05, 4.69) is 45.4 Å². The van der Waals surface area contributed by atoms with Gasteiger partial charge in [-0.3, -0.25) is 15.2 Å². The van der Waals surface area contributed by atoms with E-state index in [1.165, 1.54) is 0 Å². The van der Waals surface area contributed by atoms with Gasteiger partial charge in [-0.1, -0.05) is 34.6 Å². The van der Waals surface area contributed by atoms with Crippen LogP contribution in [0.15, 0.2) is 0 Å². The Hall–Kier alpha value is -0.840. The highest BCUT2D eigenvalue weighted by Crippen LogP contribution is 2.39. The molecule has 1 fully saturated rings. The van der Waals surface area contributed by atoms with Crippen molar-refractivity contribution < 1.29 is 4.79 Å². The van der Waals surface area contributed by atoms with Gasteiger partial charge in [0, 0.05) is 19.5 Å². The maximum absolute atomic E-state index is 12.4. The second-order valence-corrected chi connectivity index (χ2v) is 8.42. The van der Waals surface area contributed by atoms with Crippen LogP contribution in [0.3, 0.4) is 0 Å². The molecule has 0 aliphatic heterocycles. The van der Waals surface area contributed by atoms with Crippen LogP contribution in [0.25, 0.3) is 0 Å². The van der Waals surface area contributed by atoms with Crippen molar-refractivity contribution in [2.75, 3.05) is 13.6 Å². The number of thiocarbonyl (C=S) groups is 1. The van der Waals surface area contributed by atoms with Crippen molar-refractivity contribution in [1.82, 2.24) is 15.8 Å². The number of carbonyl (C=O) groups excluding carboxylic acids is 1. The molecule has 1 rings (SSSR count). The fraction of sp³-hybridized carbons (Fsp3) is 0.882. The van der Waals surface area contributed by atoms with Gasteiger partial charge in [0.25, 0.3) is 0 Å². The first-order chi connectivity index (χ1) is 10.1. The third kappa shape index (κ3) is 6.11. The van der Waals surface area contributed by atoms with Crippen LogP contribution in [0.1, 0.15) is 60.3 Å². The smallest absolute Gasteiger partial charge is 0.241 e. The fourth-order valence-corrected chi connectivity index (χ4v) is 3.07. The third-order valence-corrected chi connectivity index (χ3v) is 4.98. The zero-order chi connectivity index (χ0) is 16.9. The van der Waals surface area contributed by atoms with Crippen molar-refractivity contribution in [1.29, 1.82) is 0 Å². The number of nitrogens with zero attached hydrogens (tertiary/aromatic N) is 1. The Morgan fingerprint density at radius 3 is 2.23 bits per heavy atom. The Labute approximate surface area is 141 Å². The predicted molar refractivity (Wildman–Crippen MR) is 96.2 cm³/mol. The summed E-state index contributed by atoms with van der Waals surface area (Å²) in [7, 11) is 1.80. The van der Waals surface area contributed by atoms with Gasteiger partial charge < -0.3 is 5.32 Å². The minimum absolute atomic E-state index is 0.101. The van der Waals surface area contributed by atoms with Gasteiger partial charge in [0.1, 0.15) is 0 Å². The van der Waals surface area contributed by atoms with E-state index in [4.69, 9.17) is 12.2 Å². The van der Waals surface area contributed by atoms with Crippen LogP contribution in [0.5, 0.6) is 0 Å². The summed E-state index contributed by atoms with van der Waals surface area (Å²) in [6.45, 7) is 12.0.